The van der Waals surface area contributed by atoms with Crippen molar-refractivity contribution in [3.05, 3.63) is 71.3 Å². The second-order valence-electron chi connectivity index (χ2n) is 8.36. The molecule has 0 saturated carbocycles. The summed E-state index contributed by atoms with van der Waals surface area (Å²) in [6.07, 6.45) is -1.16. The average Bonchev–Trinajstić information content (AvgIpc) is 2.69. The summed E-state index contributed by atoms with van der Waals surface area (Å²) in [7, 11) is 0. The van der Waals surface area contributed by atoms with Gasteiger partial charge < -0.3 is 10.4 Å². The first-order valence-electron chi connectivity index (χ1n) is 9.61. The van der Waals surface area contributed by atoms with Gasteiger partial charge in [-0.1, -0.05) is 57.7 Å². The number of rotatable bonds is 4. The molecular weight excluding hydrogens is 380 g/mol. The van der Waals surface area contributed by atoms with Crippen LogP contribution in [0.3, 0.4) is 0 Å². The van der Waals surface area contributed by atoms with Gasteiger partial charge in [0, 0.05) is 16.7 Å². The number of carbonyl (C=O) groups excluding carboxylic acids is 2. The quantitative estimate of drug-likeness (QED) is 0.354. The third kappa shape index (κ3) is 9.87. The van der Waals surface area contributed by atoms with Crippen LogP contribution in [-0.4, -0.2) is 34.3 Å². The zero-order valence-electron chi connectivity index (χ0n) is 18.1. The highest BCUT2D eigenvalue weighted by Crippen LogP contribution is 2.08. The van der Waals surface area contributed by atoms with Gasteiger partial charge in [-0.3, -0.25) is 14.8 Å². The van der Waals surface area contributed by atoms with Crippen molar-refractivity contribution < 1.29 is 19.9 Å². The summed E-state index contributed by atoms with van der Waals surface area (Å²) < 4.78 is 0. The summed E-state index contributed by atoms with van der Waals surface area (Å²) in [5.41, 5.74) is 3.84. The van der Waals surface area contributed by atoms with Crippen LogP contribution in [0.15, 0.2) is 54.6 Å². The first kappa shape index (κ1) is 24.9. The Kier molecular flexibility index (Phi) is 9.76. The largest absolute Gasteiger partial charge is 0.391 e. The topological polar surface area (TPSA) is 98.7 Å². The van der Waals surface area contributed by atoms with E-state index in [0.29, 0.717) is 11.0 Å². The van der Waals surface area contributed by atoms with Crippen LogP contribution in [0.1, 0.15) is 56.1 Å². The third-order valence-electron chi connectivity index (χ3n) is 3.43. The molecule has 2 amide bonds. The van der Waals surface area contributed by atoms with E-state index < -0.39 is 24.0 Å². The molecule has 0 aliphatic heterocycles. The van der Waals surface area contributed by atoms with Gasteiger partial charge in [0.05, 0.1) is 6.10 Å². The van der Waals surface area contributed by atoms with Gasteiger partial charge in [-0.05, 0) is 48.7 Å². The zero-order valence-corrected chi connectivity index (χ0v) is 18.1. The Labute approximate surface area is 178 Å². The van der Waals surface area contributed by atoms with Crippen molar-refractivity contribution in [2.75, 3.05) is 0 Å². The maximum Gasteiger partial charge on any atom is 0.268 e. The van der Waals surface area contributed by atoms with Gasteiger partial charge in [-0.25, -0.2) is 5.48 Å². The Balaban J connectivity index is 0.000000804. The Morgan fingerprint density at radius 2 is 1.37 bits per heavy atom. The number of amides is 2. The minimum atomic E-state index is -1.25. The fraction of sp³-hybridized carbons (Fsp3) is 0.333. The lowest BCUT2D eigenvalue weighted by atomic mass is 10.0. The number of hydrogen-bond acceptors (Lipinski definition) is 4. The molecule has 160 valence electrons. The highest BCUT2D eigenvalue weighted by Gasteiger charge is 2.25. The molecule has 0 spiro atoms. The molecule has 2 unspecified atom stereocenters. The number of carbonyl (C=O) groups is 2. The van der Waals surface area contributed by atoms with E-state index in [1.165, 1.54) is 12.4 Å². The van der Waals surface area contributed by atoms with Gasteiger partial charge in [0.25, 0.3) is 11.8 Å². The van der Waals surface area contributed by atoms with E-state index in [4.69, 9.17) is 5.21 Å². The van der Waals surface area contributed by atoms with Crippen LogP contribution in [-0.2, 0) is 4.79 Å². The van der Waals surface area contributed by atoms with Crippen LogP contribution in [0.2, 0.25) is 0 Å². The molecule has 4 N–H and O–H groups in total. The van der Waals surface area contributed by atoms with E-state index in [1.807, 2.05) is 30.3 Å². The summed E-state index contributed by atoms with van der Waals surface area (Å²) >= 11 is 0. The van der Waals surface area contributed by atoms with Gasteiger partial charge in [0.2, 0.25) is 0 Å². The minimum Gasteiger partial charge on any atom is -0.391 e. The zero-order chi connectivity index (χ0) is 22.7. The summed E-state index contributed by atoms with van der Waals surface area (Å²) in [5, 5.41) is 20.5. The summed E-state index contributed by atoms with van der Waals surface area (Å²) in [6.45, 7) is 10.1. The first-order valence-corrected chi connectivity index (χ1v) is 9.61. The average molecular weight is 411 g/mol. The Hall–Kier alpha value is -3.14. The Morgan fingerprint density at radius 1 is 0.900 bits per heavy atom. The molecule has 0 aliphatic rings. The third-order valence-corrected chi connectivity index (χ3v) is 3.43. The number of hydroxylamine groups is 1. The van der Waals surface area contributed by atoms with E-state index in [-0.39, 0.29) is 0 Å². The SMILES string of the molecule is CC(C)(C)C.CC(O)C(NC(=O)c1ccc(C#Cc2ccccc2)cc1)C(=O)NO. The molecule has 6 nitrogen and oxygen atoms in total. The van der Waals surface area contributed by atoms with Crippen LogP contribution in [0, 0.1) is 17.3 Å². The van der Waals surface area contributed by atoms with Gasteiger partial charge in [0.15, 0.2) is 0 Å². The normalized spacial score (nSPS) is 12.2. The van der Waals surface area contributed by atoms with Crippen LogP contribution in [0.25, 0.3) is 0 Å². The van der Waals surface area contributed by atoms with E-state index in [0.717, 1.165) is 11.1 Å². The van der Waals surface area contributed by atoms with Crippen LogP contribution >= 0.6 is 0 Å². The van der Waals surface area contributed by atoms with Crippen molar-refractivity contribution >= 4 is 11.8 Å². The molecule has 0 bridgehead atoms. The molecule has 2 atom stereocenters. The molecule has 0 fully saturated rings. The molecule has 0 aromatic heterocycles. The van der Waals surface area contributed by atoms with Crippen molar-refractivity contribution in [3.8, 4) is 11.8 Å². The van der Waals surface area contributed by atoms with Crippen molar-refractivity contribution in [1.29, 1.82) is 0 Å². The fourth-order valence-corrected chi connectivity index (χ4v) is 2.07. The number of aliphatic hydroxyl groups excluding tert-OH is 1. The number of benzene rings is 2. The molecule has 30 heavy (non-hydrogen) atoms. The summed E-state index contributed by atoms with van der Waals surface area (Å²) in [4.78, 5) is 23.6. The van der Waals surface area contributed by atoms with Crippen LogP contribution in [0.4, 0.5) is 0 Å². The molecule has 2 aromatic carbocycles. The molecule has 6 heteroatoms. The maximum absolute atomic E-state index is 12.2. The Bertz CT molecular complexity index is 867. The van der Waals surface area contributed by atoms with E-state index in [9.17, 15) is 14.7 Å². The predicted molar refractivity (Wildman–Crippen MR) is 117 cm³/mol. The lowest BCUT2D eigenvalue weighted by Gasteiger charge is -2.19. The highest BCUT2D eigenvalue weighted by molar-refractivity contribution is 5.97. The van der Waals surface area contributed by atoms with Gasteiger partial charge in [-0.15, -0.1) is 0 Å². The number of nitrogens with one attached hydrogen (secondary N) is 2. The van der Waals surface area contributed by atoms with Gasteiger partial charge >= 0.3 is 0 Å². The fourth-order valence-electron chi connectivity index (χ4n) is 2.07. The number of aliphatic hydroxyl groups is 1. The highest BCUT2D eigenvalue weighted by atomic mass is 16.5. The summed E-state index contributed by atoms with van der Waals surface area (Å²) in [6, 6.07) is 14.8. The number of hydrogen-bond donors (Lipinski definition) is 4. The summed E-state index contributed by atoms with van der Waals surface area (Å²) in [5.74, 6) is 4.57. The molecule has 0 aliphatic carbocycles. The van der Waals surface area contributed by atoms with E-state index >= 15 is 0 Å². The monoisotopic (exact) mass is 410 g/mol. The van der Waals surface area contributed by atoms with Gasteiger partial charge in [-0.2, -0.15) is 0 Å². The molecule has 0 saturated heterocycles. The molecule has 0 heterocycles. The van der Waals surface area contributed by atoms with Crippen LogP contribution in [0.5, 0.6) is 0 Å². The molecule has 0 radical (unpaired) electrons. The predicted octanol–water partition coefficient (Wildman–Crippen LogP) is 3.12. The maximum atomic E-state index is 12.2. The standard InChI is InChI=1S/C19H18N2O4.C5H12/c1-13(22)17(19(24)21-25)20-18(23)16-11-9-15(10-12-16)8-7-14-5-3-2-4-6-14;1-5(2,3)4/h2-6,9-13,17,22,25H,1H3,(H,20,23)(H,21,24);1-4H3. The first-order chi connectivity index (χ1) is 14.0. The van der Waals surface area contributed by atoms with Crippen molar-refractivity contribution in [3.63, 3.8) is 0 Å². The smallest absolute Gasteiger partial charge is 0.268 e. The van der Waals surface area contributed by atoms with Crippen LogP contribution < -0.4 is 10.8 Å². The minimum absolute atomic E-state index is 0.307. The second kappa shape index (κ2) is 11.8. The second-order valence-corrected chi connectivity index (χ2v) is 8.36. The molecular formula is C24H30N2O4. The van der Waals surface area contributed by atoms with E-state index in [2.05, 4.69) is 44.9 Å². The van der Waals surface area contributed by atoms with Crippen molar-refractivity contribution in [1.82, 2.24) is 10.8 Å². The Morgan fingerprint density at radius 3 is 1.80 bits per heavy atom. The van der Waals surface area contributed by atoms with Crippen molar-refractivity contribution in [2.45, 2.75) is 46.8 Å². The van der Waals surface area contributed by atoms with Gasteiger partial charge in [0.1, 0.15) is 6.04 Å². The lowest BCUT2D eigenvalue weighted by Crippen LogP contribution is -2.51. The lowest BCUT2D eigenvalue weighted by molar-refractivity contribution is -0.133. The van der Waals surface area contributed by atoms with Crippen molar-refractivity contribution in [2.24, 2.45) is 5.41 Å². The molecule has 2 rings (SSSR count). The van der Waals surface area contributed by atoms with E-state index in [1.54, 1.807) is 24.3 Å². The molecule has 2 aromatic rings.